The molecule has 2 atom stereocenters. The monoisotopic (exact) mass is 699 g/mol. The molecular weight excluding hydrogens is 650 g/mol. The highest BCUT2D eigenvalue weighted by Crippen LogP contribution is 2.14. The van der Waals surface area contributed by atoms with Crippen LogP contribution in [0, 0.1) is 11.8 Å². The largest absolute Gasteiger partial charge is 0.461 e. The predicted molar refractivity (Wildman–Crippen MR) is 183 cm³/mol. The lowest BCUT2D eigenvalue weighted by Crippen LogP contribution is -2.54. The van der Waals surface area contributed by atoms with Crippen molar-refractivity contribution in [2.45, 2.75) is 84.9 Å². The van der Waals surface area contributed by atoms with Gasteiger partial charge in [0.2, 0.25) is 23.6 Å². The van der Waals surface area contributed by atoms with E-state index in [1.165, 1.54) is 0 Å². The van der Waals surface area contributed by atoms with Crippen LogP contribution in [0.4, 0.5) is 10.5 Å². The first-order chi connectivity index (χ1) is 23.7. The van der Waals surface area contributed by atoms with Crippen LogP contribution >= 0.6 is 0 Å². The fraction of sp³-hybridized carbons (Fsp3) is 0.529. The minimum atomic E-state index is -1.00. The van der Waals surface area contributed by atoms with E-state index in [0.29, 0.717) is 37.9 Å². The van der Waals surface area contributed by atoms with Crippen LogP contribution in [0.5, 0.6) is 0 Å². The third-order valence-corrected chi connectivity index (χ3v) is 7.55. The van der Waals surface area contributed by atoms with Crippen LogP contribution in [0.1, 0.15) is 71.8 Å². The second kappa shape index (κ2) is 20.9. The lowest BCUT2D eigenvalue weighted by atomic mass is 10.0. The van der Waals surface area contributed by atoms with Gasteiger partial charge in [-0.15, -0.1) is 0 Å². The van der Waals surface area contributed by atoms with Crippen LogP contribution in [-0.4, -0.2) is 84.1 Å². The molecular formula is C34H49N7O9. The summed E-state index contributed by atoms with van der Waals surface area (Å²) in [6, 6.07) is 4.04. The lowest BCUT2D eigenvalue weighted by Gasteiger charge is -2.25. The fourth-order valence-electron chi connectivity index (χ4n) is 4.67. The molecule has 0 aromatic heterocycles. The number of nitrogens with two attached hydrogens (primary N) is 1. The summed E-state index contributed by atoms with van der Waals surface area (Å²) in [7, 11) is 0. The number of nitrogens with one attached hydrogen (secondary N) is 5. The molecule has 1 aromatic carbocycles. The summed E-state index contributed by atoms with van der Waals surface area (Å²) in [6.07, 6.45) is 4.47. The van der Waals surface area contributed by atoms with Crippen molar-refractivity contribution in [3.63, 3.8) is 0 Å². The third-order valence-electron chi connectivity index (χ3n) is 7.55. The van der Waals surface area contributed by atoms with E-state index in [4.69, 9.17) is 10.5 Å². The van der Waals surface area contributed by atoms with E-state index in [-0.39, 0.29) is 56.3 Å². The summed E-state index contributed by atoms with van der Waals surface area (Å²) in [5, 5.41) is 13.3. The van der Waals surface area contributed by atoms with E-state index in [2.05, 4.69) is 26.6 Å². The number of imide groups is 1. The standard InChI is InChI=1S/C34H49N7O9/c1-21(2)30(40-26(42)10-6-5-7-17-36-27(43)19-41-28(44)15-16-29(41)45)32(47)39-25(9-8-18-37-34(35)49)31(46)38-24-13-11-23(12-14-24)20-50-33(48)22(3)4/h11-16,21-22,25,30H,5-10,17-20H2,1-4H3,(H,36,43)(H,38,46)(H,39,47)(H,40,42)(H3,35,37,49)/t25-,30?/m0/s1. The van der Waals surface area contributed by atoms with E-state index in [0.717, 1.165) is 22.6 Å². The number of unbranched alkanes of at least 4 members (excludes halogenated alkanes) is 2. The van der Waals surface area contributed by atoms with Crippen molar-refractivity contribution in [3.05, 3.63) is 42.0 Å². The highest BCUT2D eigenvalue weighted by molar-refractivity contribution is 6.14. The number of primary amides is 1. The van der Waals surface area contributed by atoms with E-state index < -0.39 is 47.7 Å². The second-order valence-electron chi connectivity index (χ2n) is 12.5. The summed E-state index contributed by atoms with van der Waals surface area (Å²) in [5.74, 6) is -3.83. The van der Waals surface area contributed by atoms with Crippen molar-refractivity contribution in [2.75, 3.05) is 25.0 Å². The van der Waals surface area contributed by atoms with Gasteiger partial charge < -0.3 is 37.1 Å². The molecule has 0 saturated heterocycles. The van der Waals surface area contributed by atoms with Gasteiger partial charge in [0.25, 0.3) is 11.8 Å². The van der Waals surface area contributed by atoms with Gasteiger partial charge >= 0.3 is 12.0 Å². The number of anilines is 1. The second-order valence-corrected chi connectivity index (χ2v) is 12.5. The van der Waals surface area contributed by atoms with Gasteiger partial charge in [-0.2, -0.15) is 0 Å². The highest BCUT2D eigenvalue weighted by atomic mass is 16.5. The number of nitrogens with zero attached hydrogens (tertiary/aromatic N) is 1. The lowest BCUT2D eigenvalue weighted by molar-refractivity contribution is -0.148. The molecule has 0 radical (unpaired) electrons. The molecule has 16 nitrogen and oxygen atoms in total. The molecule has 274 valence electrons. The Morgan fingerprint density at radius 3 is 2.02 bits per heavy atom. The molecule has 1 unspecified atom stereocenters. The van der Waals surface area contributed by atoms with Gasteiger partial charge in [-0.3, -0.25) is 38.5 Å². The van der Waals surface area contributed by atoms with Crippen LogP contribution in [0.15, 0.2) is 36.4 Å². The minimum absolute atomic E-state index is 0.0859. The van der Waals surface area contributed by atoms with Crippen molar-refractivity contribution >= 4 is 53.1 Å². The number of carbonyl (C=O) groups excluding carboxylic acids is 8. The van der Waals surface area contributed by atoms with Gasteiger partial charge in [0.05, 0.1) is 5.92 Å². The van der Waals surface area contributed by atoms with Gasteiger partial charge in [-0.05, 0) is 49.3 Å². The quantitative estimate of drug-likeness (QED) is 0.0609. The molecule has 0 spiro atoms. The van der Waals surface area contributed by atoms with Crippen LogP contribution in [0.25, 0.3) is 0 Å². The maximum Gasteiger partial charge on any atom is 0.312 e. The fourth-order valence-corrected chi connectivity index (χ4v) is 4.67. The van der Waals surface area contributed by atoms with E-state index in [9.17, 15) is 38.4 Å². The van der Waals surface area contributed by atoms with Gasteiger partial charge in [-0.25, -0.2) is 4.79 Å². The number of urea groups is 1. The smallest absolute Gasteiger partial charge is 0.312 e. The van der Waals surface area contributed by atoms with Gasteiger partial charge in [-0.1, -0.05) is 46.2 Å². The minimum Gasteiger partial charge on any atom is -0.461 e. The zero-order valence-corrected chi connectivity index (χ0v) is 29.0. The highest BCUT2D eigenvalue weighted by Gasteiger charge is 2.29. The maximum absolute atomic E-state index is 13.4. The number of benzene rings is 1. The van der Waals surface area contributed by atoms with Crippen molar-refractivity contribution in [2.24, 2.45) is 17.6 Å². The molecule has 50 heavy (non-hydrogen) atoms. The summed E-state index contributed by atoms with van der Waals surface area (Å²) in [5.41, 5.74) is 6.31. The van der Waals surface area contributed by atoms with E-state index >= 15 is 0 Å². The first kappa shape index (κ1) is 40.9. The van der Waals surface area contributed by atoms with Gasteiger partial charge in [0.1, 0.15) is 25.2 Å². The molecule has 1 aliphatic rings. The first-order valence-electron chi connectivity index (χ1n) is 16.7. The molecule has 7 N–H and O–H groups in total. The summed E-state index contributed by atoms with van der Waals surface area (Å²) in [6.45, 7) is 7.21. The van der Waals surface area contributed by atoms with E-state index in [1.54, 1.807) is 52.0 Å². The molecule has 1 aromatic rings. The Hall–Kier alpha value is -5.28. The number of amides is 8. The number of ether oxygens (including phenoxy) is 1. The molecule has 2 rings (SSSR count). The number of carbonyl (C=O) groups is 8. The van der Waals surface area contributed by atoms with Crippen molar-refractivity contribution < 1.29 is 43.1 Å². The molecule has 0 saturated carbocycles. The van der Waals surface area contributed by atoms with Crippen LogP contribution in [0.3, 0.4) is 0 Å². The van der Waals surface area contributed by atoms with Crippen molar-refractivity contribution in [3.8, 4) is 0 Å². The third kappa shape index (κ3) is 14.9. The molecule has 0 fully saturated rings. The molecule has 0 bridgehead atoms. The SMILES string of the molecule is CC(C)C(=O)OCc1ccc(NC(=O)[C@H](CCCNC(N)=O)NC(=O)C(NC(=O)CCCCCNC(=O)CN2C(=O)C=CC2=O)C(C)C)cc1. The Kier molecular flexibility index (Phi) is 17.1. The predicted octanol–water partition coefficient (Wildman–Crippen LogP) is 1.00. The molecule has 0 aliphatic carbocycles. The number of rotatable bonds is 21. The Labute approximate surface area is 291 Å². The number of esters is 1. The number of hydrogen-bond donors (Lipinski definition) is 6. The van der Waals surface area contributed by atoms with Crippen molar-refractivity contribution in [1.82, 2.24) is 26.2 Å². The zero-order chi connectivity index (χ0) is 37.2. The Bertz CT molecular complexity index is 1390. The Morgan fingerprint density at radius 1 is 0.780 bits per heavy atom. The molecule has 8 amide bonds. The molecule has 1 aliphatic heterocycles. The van der Waals surface area contributed by atoms with Gasteiger partial charge in [0.15, 0.2) is 0 Å². The summed E-state index contributed by atoms with van der Waals surface area (Å²) < 4.78 is 5.23. The average Bonchev–Trinajstić information content (AvgIpc) is 3.37. The average molecular weight is 700 g/mol. The van der Waals surface area contributed by atoms with Crippen LogP contribution in [-0.2, 0) is 44.9 Å². The Morgan fingerprint density at radius 2 is 1.42 bits per heavy atom. The first-order valence-corrected chi connectivity index (χ1v) is 16.7. The molecule has 1 heterocycles. The van der Waals surface area contributed by atoms with E-state index in [1.807, 2.05) is 0 Å². The van der Waals surface area contributed by atoms with Gasteiger partial charge in [0, 0.05) is 37.3 Å². The molecule has 16 heteroatoms. The summed E-state index contributed by atoms with van der Waals surface area (Å²) >= 11 is 0. The maximum atomic E-state index is 13.4. The summed E-state index contributed by atoms with van der Waals surface area (Å²) in [4.78, 5) is 98.2. The van der Waals surface area contributed by atoms with Crippen LogP contribution < -0.4 is 32.3 Å². The topological polar surface area (TPSA) is 235 Å². The number of hydrogen-bond acceptors (Lipinski definition) is 9. The normalized spacial score (nSPS) is 13.5. The Balaban J connectivity index is 1.87. The zero-order valence-electron chi connectivity index (χ0n) is 29.0. The van der Waals surface area contributed by atoms with Crippen molar-refractivity contribution in [1.29, 1.82) is 0 Å². The van der Waals surface area contributed by atoms with Crippen LogP contribution in [0.2, 0.25) is 0 Å².